The molecule has 5 heteroatoms. The molecule has 0 saturated heterocycles. The van der Waals surface area contributed by atoms with Gasteiger partial charge in [0.2, 0.25) is 0 Å². The molecule has 0 bridgehead atoms. The second-order valence-corrected chi connectivity index (χ2v) is 15.1. The van der Waals surface area contributed by atoms with Crippen LogP contribution in [0.15, 0.2) is 65.7 Å². The summed E-state index contributed by atoms with van der Waals surface area (Å²) in [5.41, 5.74) is 2.19. The molecular formula is C41H59NO4. The summed E-state index contributed by atoms with van der Waals surface area (Å²) in [6.07, 6.45) is 6.11. The molecule has 1 atom stereocenters. The Kier molecular flexibility index (Phi) is 12.9. The van der Waals surface area contributed by atoms with Gasteiger partial charge in [-0.1, -0.05) is 106 Å². The molecule has 0 aliphatic carbocycles. The van der Waals surface area contributed by atoms with E-state index >= 15 is 0 Å². The normalized spacial score (nSPS) is 13.4. The van der Waals surface area contributed by atoms with E-state index in [1.165, 1.54) is 0 Å². The largest absolute Gasteiger partial charge is 0.507 e. The van der Waals surface area contributed by atoms with Crippen molar-refractivity contribution in [3.8, 4) is 17.2 Å². The van der Waals surface area contributed by atoms with Gasteiger partial charge in [-0.25, -0.2) is 0 Å². The van der Waals surface area contributed by atoms with E-state index in [1.54, 1.807) is 18.3 Å². The van der Waals surface area contributed by atoms with Gasteiger partial charge in [-0.15, -0.1) is 0 Å². The number of hydrogen-bond acceptors (Lipinski definition) is 5. The van der Waals surface area contributed by atoms with Crippen LogP contribution in [0.25, 0.3) is 0 Å². The number of aromatic hydroxyl groups is 1. The van der Waals surface area contributed by atoms with Crippen molar-refractivity contribution >= 4 is 6.21 Å². The molecule has 1 unspecified atom stereocenters. The summed E-state index contributed by atoms with van der Waals surface area (Å²) in [4.78, 5) is 5.13. The Morgan fingerprint density at radius 1 is 0.739 bits per heavy atom. The molecule has 0 amide bonds. The third-order valence-electron chi connectivity index (χ3n) is 8.53. The first-order valence-corrected chi connectivity index (χ1v) is 17.2. The van der Waals surface area contributed by atoms with Gasteiger partial charge >= 0.3 is 0 Å². The van der Waals surface area contributed by atoms with E-state index in [0.29, 0.717) is 47.8 Å². The second-order valence-electron chi connectivity index (χ2n) is 15.1. The van der Waals surface area contributed by atoms with Gasteiger partial charge in [0.15, 0.2) is 0 Å². The number of nitrogens with zero attached hydrogens (tertiary/aromatic N) is 1. The van der Waals surface area contributed by atoms with Crippen molar-refractivity contribution in [3.63, 3.8) is 0 Å². The van der Waals surface area contributed by atoms with Crippen LogP contribution < -0.4 is 9.47 Å². The maximum absolute atomic E-state index is 13.7. The number of benzene rings is 3. The third-order valence-corrected chi connectivity index (χ3v) is 8.53. The molecule has 46 heavy (non-hydrogen) atoms. The average molecular weight is 630 g/mol. The van der Waals surface area contributed by atoms with Crippen LogP contribution in [0.1, 0.15) is 129 Å². The Hall–Kier alpha value is -3.31. The van der Waals surface area contributed by atoms with Crippen molar-refractivity contribution in [2.45, 2.75) is 124 Å². The zero-order valence-electron chi connectivity index (χ0n) is 30.1. The quantitative estimate of drug-likeness (QED) is 0.130. The molecule has 0 heterocycles. The van der Waals surface area contributed by atoms with Gasteiger partial charge in [-0.2, -0.15) is 0 Å². The number of phenols is 1. The molecule has 0 fully saturated rings. The lowest BCUT2D eigenvalue weighted by atomic mass is 9.73. The summed E-state index contributed by atoms with van der Waals surface area (Å²) in [6, 6.07) is 19.0. The van der Waals surface area contributed by atoms with Crippen LogP contribution in [0.2, 0.25) is 0 Å². The first-order valence-electron chi connectivity index (χ1n) is 17.2. The van der Waals surface area contributed by atoms with Crippen LogP contribution in [0.4, 0.5) is 0 Å². The van der Waals surface area contributed by atoms with E-state index < -0.39 is 11.6 Å². The average Bonchev–Trinajstić information content (AvgIpc) is 2.99. The van der Waals surface area contributed by atoms with Gasteiger partial charge in [-0.05, 0) is 83.5 Å². The summed E-state index contributed by atoms with van der Waals surface area (Å²) in [6.45, 7) is 22.8. The van der Waals surface area contributed by atoms with E-state index in [9.17, 15) is 10.2 Å². The van der Waals surface area contributed by atoms with Crippen LogP contribution in [-0.4, -0.2) is 35.7 Å². The van der Waals surface area contributed by atoms with Crippen molar-refractivity contribution in [1.82, 2.24) is 0 Å². The van der Waals surface area contributed by atoms with Crippen LogP contribution in [0.3, 0.4) is 0 Å². The number of unbranched alkanes of at least 4 members (excludes halogenated alkanes) is 2. The summed E-state index contributed by atoms with van der Waals surface area (Å²) in [5.74, 6) is 1.66. The van der Waals surface area contributed by atoms with E-state index in [0.717, 1.165) is 36.8 Å². The minimum Gasteiger partial charge on any atom is -0.507 e. The topological polar surface area (TPSA) is 71.3 Å². The summed E-state index contributed by atoms with van der Waals surface area (Å²) < 4.78 is 13.0. The molecule has 3 rings (SSSR count). The van der Waals surface area contributed by atoms with Gasteiger partial charge in [0.25, 0.3) is 0 Å². The highest BCUT2D eigenvalue weighted by Gasteiger charge is 2.45. The minimum absolute atomic E-state index is 0.148. The Morgan fingerprint density at radius 3 is 1.63 bits per heavy atom. The van der Waals surface area contributed by atoms with Crippen LogP contribution in [0.5, 0.6) is 17.2 Å². The summed E-state index contributed by atoms with van der Waals surface area (Å²) >= 11 is 0. The maximum Gasteiger partial charge on any atom is 0.144 e. The van der Waals surface area contributed by atoms with Crippen molar-refractivity contribution in [3.05, 3.63) is 88.5 Å². The van der Waals surface area contributed by atoms with Crippen LogP contribution in [0, 0.1) is 5.92 Å². The molecule has 252 valence electrons. The van der Waals surface area contributed by atoms with Crippen molar-refractivity contribution in [1.29, 1.82) is 0 Å². The maximum atomic E-state index is 13.7. The Bertz CT molecular complexity index is 1360. The fourth-order valence-electron chi connectivity index (χ4n) is 5.55. The first-order chi connectivity index (χ1) is 21.6. The Morgan fingerprint density at radius 2 is 1.22 bits per heavy atom. The lowest BCUT2D eigenvalue weighted by Crippen LogP contribution is -2.42. The zero-order valence-corrected chi connectivity index (χ0v) is 30.1. The first kappa shape index (κ1) is 37.2. The highest BCUT2D eigenvalue weighted by atomic mass is 16.5. The monoisotopic (exact) mass is 629 g/mol. The number of ether oxygens (including phenoxy) is 2. The highest BCUT2D eigenvalue weighted by Crippen LogP contribution is 2.47. The van der Waals surface area contributed by atoms with Crippen molar-refractivity contribution in [2.24, 2.45) is 10.9 Å². The fourth-order valence-corrected chi connectivity index (χ4v) is 5.55. The van der Waals surface area contributed by atoms with Gasteiger partial charge in [0.1, 0.15) is 22.8 Å². The van der Waals surface area contributed by atoms with E-state index in [-0.39, 0.29) is 22.5 Å². The Labute approximate surface area is 279 Å². The molecule has 0 aliphatic heterocycles. The second kappa shape index (κ2) is 16.0. The number of rotatable bonds is 15. The van der Waals surface area contributed by atoms with Gasteiger partial charge in [0.05, 0.1) is 19.3 Å². The fraction of sp³-hybridized carbons (Fsp3) is 0.537. The molecule has 3 aromatic rings. The van der Waals surface area contributed by atoms with Gasteiger partial charge < -0.3 is 19.7 Å². The van der Waals surface area contributed by atoms with Crippen molar-refractivity contribution < 1.29 is 19.7 Å². The minimum atomic E-state index is -1.63. The number of aliphatic imine (C=N–C) groups is 1. The molecule has 0 spiro atoms. The Balaban J connectivity index is 2.48. The lowest BCUT2D eigenvalue weighted by Gasteiger charge is -2.39. The number of hydrogen-bond donors (Lipinski definition) is 2. The number of phenolic OH excluding ortho intramolecular Hbond substituents is 1. The van der Waals surface area contributed by atoms with Crippen LogP contribution in [-0.2, 0) is 16.4 Å². The SMILES string of the molecule is CCCCOc1ccc(C(C)(C)C)cc1C(O)(c1cc(C(C)(C)C)ccc1OCCCC)C(CC(C)C)N=Cc1ccccc1O. The molecular weight excluding hydrogens is 570 g/mol. The third kappa shape index (κ3) is 9.37. The molecule has 0 radical (unpaired) electrons. The predicted molar refractivity (Wildman–Crippen MR) is 193 cm³/mol. The number of para-hydroxylation sites is 1. The molecule has 0 aliphatic rings. The predicted octanol–water partition coefficient (Wildman–Crippen LogP) is 10.1. The smallest absolute Gasteiger partial charge is 0.144 e. The molecule has 5 nitrogen and oxygen atoms in total. The standard InChI is InChI=1S/C41H59NO4/c1-11-13-23-45-36-21-19-31(39(5,6)7)26-33(36)41(44,38(25-29(3)4)42-28-30-17-15-16-18-35(30)43)34-27-32(40(8,9)10)20-22-37(34)46-24-14-12-2/h15-22,26-29,38,43-44H,11-14,23-25H2,1-10H3. The van der Waals surface area contributed by atoms with Crippen LogP contribution >= 0.6 is 0 Å². The van der Waals surface area contributed by atoms with E-state index in [2.05, 4.69) is 93.5 Å². The van der Waals surface area contributed by atoms with Gasteiger partial charge in [-0.3, -0.25) is 4.99 Å². The van der Waals surface area contributed by atoms with E-state index in [1.807, 2.05) is 24.3 Å². The molecule has 2 N–H and O–H groups in total. The summed E-state index contributed by atoms with van der Waals surface area (Å²) in [5, 5.41) is 24.4. The van der Waals surface area contributed by atoms with Crippen molar-refractivity contribution in [2.75, 3.05) is 13.2 Å². The molecule has 3 aromatic carbocycles. The summed E-state index contributed by atoms with van der Waals surface area (Å²) in [7, 11) is 0. The van der Waals surface area contributed by atoms with Gasteiger partial charge in [0, 0.05) is 22.9 Å². The molecule has 0 saturated carbocycles. The van der Waals surface area contributed by atoms with E-state index in [4.69, 9.17) is 14.5 Å². The lowest BCUT2D eigenvalue weighted by molar-refractivity contribution is 0.0391. The number of aliphatic hydroxyl groups is 1. The highest BCUT2D eigenvalue weighted by molar-refractivity contribution is 5.83. The molecule has 0 aromatic heterocycles. The zero-order chi connectivity index (χ0) is 34.1.